The number of aromatic nitrogens is 3. The minimum atomic E-state index is -0.311. The maximum Gasteiger partial charge on any atom is 0.226 e. The fourth-order valence-corrected chi connectivity index (χ4v) is 4.24. The molecule has 31 heavy (non-hydrogen) atoms. The lowest BCUT2D eigenvalue weighted by Gasteiger charge is -2.32. The van der Waals surface area contributed by atoms with Crippen LogP contribution in [0.4, 0.5) is 5.95 Å². The molecule has 0 bridgehead atoms. The fraction of sp³-hybridized carbons (Fsp3) is 0.292. The van der Waals surface area contributed by atoms with Gasteiger partial charge in [-0.3, -0.25) is 4.79 Å². The van der Waals surface area contributed by atoms with Gasteiger partial charge in [0, 0.05) is 23.3 Å². The Hall–Kier alpha value is -3.61. The number of nitrogens with zero attached hydrogens (tertiary/aromatic N) is 3. The number of fused-ring (bicyclic) bond motifs is 1. The third kappa shape index (κ3) is 3.46. The van der Waals surface area contributed by atoms with Crippen molar-refractivity contribution in [2.75, 3.05) is 19.0 Å². The Morgan fingerprint density at radius 1 is 1.06 bits per heavy atom. The van der Waals surface area contributed by atoms with Crippen LogP contribution in [0, 0.1) is 0 Å². The van der Waals surface area contributed by atoms with Crippen LogP contribution in [0.2, 0.25) is 0 Å². The molecule has 1 atom stereocenters. The van der Waals surface area contributed by atoms with E-state index in [4.69, 9.17) is 19.6 Å². The predicted molar refractivity (Wildman–Crippen MR) is 117 cm³/mol. The molecule has 1 aromatic heterocycles. The van der Waals surface area contributed by atoms with E-state index >= 15 is 0 Å². The van der Waals surface area contributed by atoms with Crippen LogP contribution >= 0.6 is 0 Å². The quantitative estimate of drug-likeness (QED) is 0.665. The number of carbonyl (C=O) groups excluding carboxylic acids is 1. The smallest absolute Gasteiger partial charge is 0.226 e. The van der Waals surface area contributed by atoms with Gasteiger partial charge in [-0.15, -0.1) is 5.10 Å². The second-order valence-electron chi connectivity index (χ2n) is 7.63. The van der Waals surface area contributed by atoms with Crippen molar-refractivity contribution in [3.8, 4) is 22.9 Å². The highest BCUT2D eigenvalue weighted by Crippen LogP contribution is 2.41. The van der Waals surface area contributed by atoms with Crippen molar-refractivity contribution < 1.29 is 14.3 Å². The van der Waals surface area contributed by atoms with E-state index in [2.05, 4.69) is 5.32 Å². The molecule has 0 saturated heterocycles. The summed E-state index contributed by atoms with van der Waals surface area (Å²) >= 11 is 0. The Morgan fingerprint density at radius 3 is 2.52 bits per heavy atom. The molecule has 1 N–H and O–H groups in total. The lowest BCUT2D eigenvalue weighted by molar-refractivity contribution is -0.116. The lowest BCUT2D eigenvalue weighted by atomic mass is 9.85. The minimum absolute atomic E-state index is 0.165. The minimum Gasteiger partial charge on any atom is -0.497 e. The van der Waals surface area contributed by atoms with Crippen molar-refractivity contribution in [2.24, 2.45) is 0 Å². The van der Waals surface area contributed by atoms with Gasteiger partial charge in [0.05, 0.1) is 13.7 Å². The Balaban J connectivity index is 1.59. The largest absolute Gasteiger partial charge is 0.497 e. The third-order valence-corrected chi connectivity index (χ3v) is 5.72. The second-order valence-corrected chi connectivity index (χ2v) is 7.63. The molecule has 1 aliphatic carbocycles. The van der Waals surface area contributed by atoms with Gasteiger partial charge >= 0.3 is 0 Å². The van der Waals surface area contributed by atoms with Gasteiger partial charge in [0.25, 0.3) is 0 Å². The van der Waals surface area contributed by atoms with E-state index in [-0.39, 0.29) is 11.8 Å². The standard InChI is InChI=1S/C24H24N4O3/c1-3-31-18-13-9-16(10-14-18)23-26-24-25-19-5-4-6-20(29)21(19)22(28(24)27-23)15-7-11-17(30-2)12-8-15/h7-14,22H,3-6H2,1-2H3,(H,25,26,27)/t22-/m1/s1. The first-order valence-electron chi connectivity index (χ1n) is 10.5. The molecule has 3 aromatic rings. The summed E-state index contributed by atoms with van der Waals surface area (Å²) in [4.78, 5) is 17.7. The molecule has 1 aliphatic heterocycles. The first-order valence-corrected chi connectivity index (χ1v) is 10.5. The molecule has 0 unspecified atom stereocenters. The molecular weight excluding hydrogens is 392 g/mol. The van der Waals surface area contributed by atoms with E-state index in [9.17, 15) is 4.79 Å². The van der Waals surface area contributed by atoms with Crippen LogP contribution in [0.3, 0.4) is 0 Å². The normalized spacial score (nSPS) is 17.6. The summed E-state index contributed by atoms with van der Waals surface area (Å²) in [6.45, 7) is 2.58. The third-order valence-electron chi connectivity index (χ3n) is 5.72. The molecule has 0 amide bonds. The number of ether oxygens (including phenoxy) is 2. The van der Waals surface area contributed by atoms with Gasteiger partial charge in [-0.1, -0.05) is 12.1 Å². The van der Waals surface area contributed by atoms with E-state index in [0.717, 1.165) is 46.7 Å². The van der Waals surface area contributed by atoms with Gasteiger partial charge in [-0.05, 0) is 61.7 Å². The Bertz CT molecular complexity index is 1150. The highest BCUT2D eigenvalue weighted by molar-refractivity contribution is 5.99. The number of carbonyl (C=O) groups is 1. The van der Waals surface area contributed by atoms with Crippen LogP contribution in [0.15, 0.2) is 59.8 Å². The summed E-state index contributed by atoms with van der Waals surface area (Å²) in [7, 11) is 1.64. The molecular formula is C24H24N4O3. The number of ketones is 1. The summed E-state index contributed by atoms with van der Waals surface area (Å²) in [5.74, 6) is 3.01. The van der Waals surface area contributed by atoms with Crippen LogP contribution < -0.4 is 14.8 Å². The van der Waals surface area contributed by atoms with Crippen LogP contribution in [0.25, 0.3) is 11.4 Å². The Morgan fingerprint density at radius 2 is 1.81 bits per heavy atom. The number of benzene rings is 2. The van der Waals surface area contributed by atoms with Crippen molar-refractivity contribution >= 4 is 11.7 Å². The molecule has 7 nitrogen and oxygen atoms in total. The van der Waals surface area contributed by atoms with Crippen molar-refractivity contribution in [1.82, 2.24) is 14.8 Å². The molecule has 0 radical (unpaired) electrons. The van der Waals surface area contributed by atoms with Gasteiger partial charge in [0.2, 0.25) is 5.95 Å². The summed E-state index contributed by atoms with van der Waals surface area (Å²) < 4.78 is 12.7. The Labute approximate surface area is 180 Å². The number of hydrogen-bond acceptors (Lipinski definition) is 6. The van der Waals surface area contributed by atoms with Gasteiger partial charge in [0.1, 0.15) is 17.5 Å². The van der Waals surface area contributed by atoms with Crippen molar-refractivity contribution in [1.29, 1.82) is 0 Å². The molecule has 158 valence electrons. The molecule has 2 heterocycles. The van der Waals surface area contributed by atoms with E-state index < -0.39 is 0 Å². The van der Waals surface area contributed by atoms with E-state index in [0.29, 0.717) is 24.8 Å². The highest BCUT2D eigenvalue weighted by Gasteiger charge is 2.36. The lowest BCUT2D eigenvalue weighted by Crippen LogP contribution is -2.31. The summed E-state index contributed by atoms with van der Waals surface area (Å²) in [6, 6.07) is 15.2. The van der Waals surface area contributed by atoms with E-state index in [1.165, 1.54) is 0 Å². The van der Waals surface area contributed by atoms with Crippen molar-refractivity contribution in [3.63, 3.8) is 0 Å². The van der Waals surface area contributed by atoms with Gasteiger partial charge in [-0.25, -0.2) is 4.68 Å². The molecule has 0 fully saturated rings. The summed E-state index contributed by atoms with van der Waals surface area (Å²) in [6.07, 6.45) is 2.24. The zero-order chi connectivity index (χ0) is 21.4. The molecule has 2 aromatic carbocycles. The summed E-state index contributed by atoms with van der Waals surface area (Å²) in [5.41, 5.74) is 3.61. The number of rotatable bonds is 5. The molecule has 7 heteroatoms. The van der Waals surface area contributed by atoms with Gasteiger partial charge in [-0.2, -0.15) is 4.98 Å². The second kappa shape index (κ2) is 7.91. The van der Waals surface area contributed by atoms with Gasteiger partial charge in [0.15, 0.2) is 11.6 Å². The van der Waals surface area contributed by atoms with Crippen LogP contribution in [0.1, 0.15) is 37.8 Å². The first kappa shape index (κ1) is 19.4. The number of nitrogens with one attached hydrogen (secondary N) is 1. The average molecular weight is 416 g/mol. The zero-order valence-electron chi connectivity index (χ0n) is 17.6. The molecule has 0 saturated carbocycles. The number of hydrogen-bond donors (Lipinski definition) is 1. The predicted octanol–water partition coefficient (Wildman–Crippen LogP) is 4.37. The van der Waals surface area contributed by atoms with Crippen molar-refractivity contribution in [3.05, 3.63) is 65.4 Å². The highest BCUT2D eigenvalue weighted by atomic mass is 16.5. The maximum absolute atomic E-state index is 12.9. The van der Waals surface area contributed by atoms with Crippen LogP contribution in [0.5, 0.6) is 11.5 Å². The molecule has 2 aliphatic rings. The Kier molecular flexibility index (Phi) is 4.94. The summed E-state index contributed by atoms with van der Waals surface area (Å²) in [5, 5.41) is 8.18. The van der Waals surface area contributed by atoms with Gasteiger partial charge < -0.3 is 14.8 Å². The molecule has 0 spiro atoms. The number of Topliss-reactive ketones (excluding diaryl/α,β-unsaturated/α-hetero) is 1. The maximum atomic E-state index is 12.9. The van der Waals surface area contributed by atoms with Crippen LogP contribution in [-0.2, 0) is 4.79 Å². The monoisotopic (exact) mass is 416 g/mol. The first-order chi connectivity index (χ1) is 15.2. The SMILES string of the molecule is CCOc1ccc(-c2nc3n(n2)[C@H](c2ccc(OC)cc2)C2=C(CCCC2=O)N3)cc1. The van der Waals surface area contributed by atoms with Crippen molar-refractivity contribution in [2.45, 2.75) is 32.2 Å². The topological polar surface area (TPSA) is 78.3 Å². The van der Waals surface area contributed by atoms with E-state index in [1.54, 1.807) is 7.11 Å². The number of anilines is 1. The number of allylic oxidation sites excluding steroid dienone is 2. The average Bonchev–Trinajstić information content (AvgIpc) is 3.22. The molecule has 5 rings (SSSR count). The zero-order valence-corrected chi connectivity index (χ0v) is 17.6. The fourth-order valence-electron chi connectivity index (χ4n) is 4.24. The van der Waals surface area contributed by atoms with Crippen LogP contribution in [-0.4, -0.2) is 34.3 Å². The number of methoxy groups -OCH3 is 1. The van der Waals surface area contributed by atoms with E-state index in [1.807, 2.05) is 60.1 Å².